The summed E-state index contributed by atoms with van der Waals surface area (Å²) in [7, 11) is 0. The Labute approximate surface area is 137 Å². The average Bonchev–Trinajstić information content (AvgIpc) is 2.53. The molecule has 1 saturated heterocycles. The van der Waals surface area contributed by atoms with Crippen molar-refractivity contribution in [2.45, 2.75) is 52.2 Å². The third kappa shape index (κ3) is 4.07. The second kappa shape index (κ2) is 7.67. The lowest BCUT2D eigenvalue weighted by atomic mass is 9.78. The predicted molar refractivity (Wildman–Crippen MR) is 84.7 cm³/mol. The monoisotopic (exact) mass is 332 g/mol. The van der Waals surface area contributed by atoms with E-state index in [1.807, 2.05) is 0 Å². The zero-order chi connectivity index (χ0) is 15.7. The molecule has 5 heteroatoms. The summed E-state index contributed by atoms with van der Waals surface area (Å²) in [4.78, 5) is 0. The molecular weight excluding hydrogens is 305 g/mol. The van der Waals surface area contributed by atoms with E-state index in [9.17, 15) is 13.2 Å². The minimum atomic E-state index is -1.39. The van der Waals surface area contributed by atoms with Crippen LogP contribution in [-0.2, 0) is 9.47 Å². The first-order valence-corrected chi connectivity index (χ1v) is 7.92. The van der Waals surface area contributed by atoms with Crippen molar-refractivity contribution in [2.75, 3.05) is 13.2 Å². The molecule has 2 nitrogen and oxygen atoms in total. The molecule has 0 atom stereocenters. The summed E-state index contributed by atoms with van der Waals surface area (Å²) < 4.78 is 51.2. The summed E-state index contributed by atoms with van der Waals surface area (Å²) in [6.07, 6.45) is 3.26. The zero-order valence-electron chi connectivity index (χ0n) is 12.7. The maximum atomic E-state index is 13.3. The van der Waals surface area contributed by atoms with Gasteiger partial charge in [-0.2, -0.15) is 0 Å². The molecule has 0 bridgehead atoms. The molecule has 1 aliphatic heterocycles. The van der Waals surface area contributed by atoms with Gasteiger partial charge >= 0.3 is 0 Å². The zero-order valence-corrected chi connectivity index (χ0v) is 12.7. The van der Waals surface area contributed by atoms with Crippen LogP contribution in [-0.4, -0.2) is 19.5 Å². The standard InChI is InChI=1S/C17H21F3O2.CH4.H2/c1-10-8-21-17(22-9-10)12-4-2-11(3-5-12)13-6-14(18)16(20)15(19)7-13;;/h6-7,10-12,17H,2-5,8-9H2,1H3;1H4;1H. The second-order valence-electron chi connectivity index (χ2n) is 6.55. The van der Waals surface area contributed by atoms with Crippen LogP contribution in [0.1, 0.15) is 52.9 Å². The Morgan fingerprint density at radius 2 is 1.48 bits per heavy atom. The molecule has 0 unspecified atom stereocenters. The van der Waals surface area contributed by atoms with Gasteiger partial charge in [0.25, 0.3) is 0 Å². The molecule has 2 aliphatic rings. The Balaban J connectivity index is 0.00000144. The van der Waals surface area contributed by atoms with E-state index in [0.717, 1.165) is 51.0 Å². The van der Waals surface area contributed by atoms with Crippen LogP contribution >= 0.6 is 0 Å². The van der Waals surface area contributed by atoms with Crippen LogP contribution in [0, 0.1) is 29.3 Å². The fourth-order valence-corrected chi connectivity index (χ4v) is 3.42. The fraction of sp³-hybridized carbons (Fsp3) is 0.667. The topological polar surface area (TPSA) is 18.5 Å². The highest BCUT2D eigenvalue weighted by Crippen LogP contribution is 2.39. The summed E-state index contributed by atoms with van der Waals surface area (Å²) in [6.45, 7) is 3.53. The Morgan fingerprint density at radius 1 is 0.957 bits per heavy atom. The minimum Gasteiger partial charge on any atom is -0.352 e. The van der Waals surface area contributed by atoms with Crippen molar-refractivity contribution in [1.29, 1.82) is 0 Å². The number of halogens is 3. The minimum absolute atomic E-state index is 0. The summed E-state index contributed by atoms with van der Waals surface area (Å²) in [5, 5.41) is 0. The summed E-state index contributed by atoms with van der Waals surface area (Å²) in [5.74, 6) is -2.77. The predicted octanol–water partition coefficient (Wildman–Crippen LogP) is 5.27. The first kappa shape index (κ1) is 18.3. The van der Waals surface area contributed by atoms with E-state index in [1.54, 1.807) is 0 Å². The van der Waals surface area contributed by atoms with E-state index in [4.69, 9.17) is 9.47 Å². The molecule has 1 saturated carbocycles. The molecule has 1 aromatic rings. The van der Waals surface area contributed by atoms with Gasteiger partial charge in [-0.3, -0.25) is 0 Å². The number of ether oxygens (including phenoxy) is 2. The highest BCUT2D eigenvalue weighted by Gasteiger charge is 2.32. The molecule has 0 radical (unpaired) electrons. The highest BCUT2D eigenvalue weighted by atomic mass is 19.2. The van der Waals surface area contributed by atoms with Crippen molar-refractivity contribution in [3.8, 4) is 0 Å². The normalized spacial score (nSPS) is 31.5. The highest BCUT2D eigenvalue weighted by molar-refractivity contribution is 5.23. The van der Waals surface area contributed by atoms with Gasteiger partial charge in [-0.15, -0.1) is 0 Å². The van der Waals surface area contributed by atoms with Crippen molar-refractivity contribution in [3.63, 3.8) is 0 Å². The molecule has 3 rings (SSSR count). The van der Waals surface area contributed by atoms with Crippen LogP contribution in [0.5, 0.6) is 0 Å². The van der Waals surface area contributed by atoms with Gasteiger partial charge < -0.3 is 9.47 Å². The largest absolute Gasteiger partial charge is 0.352 e. The first-order valence-electron chi connectivity index (χ1n) is 7.92. The third-order valence-electron chi connectivity index (χ3n) is 4.72. The van der Waals surface area contributed by atoms with Crippen LogP contribution < -0.4 is 0 Å². The van der Waals surface area contributed by atoms with Gasteiger partial charge in [-0.1, -0.05) is 14.4 Å². The van der Waals surface area contributed by atoms with Crippen molar-refractivity contribution < 1.29 is 24.1 Å². The van der Waals surface area contributed by atoms with Gasteiger partial charge in [0, 0.05) is 13.3 Å². The van der Waals surface area contributed by atoms with Gasteiger partial charge in [0.1, 0.15) is 0 Å². The lowest BCUT2D eigenvalue weighted by molar-refractivity contribution is -0.226. The maximum Gasteiger partial charge on any atom is 0.194 e. The summed E-state index contributed by atoms with van der Waals surface area (Å²) in [6, 6.07) is 2.25. The molecular formula is C18H27F3O2. The van der Waals surface area contributed by atoms with Crippen LogP contribution in [0.3, 0.4) is 0 Å². The number of rotatable bonds is 2. The van der Waals surface area contributed by atoms with Crippen molar-refractivity contribution >= 4 is 0 Å². The molecule has 0 aromatic heterocycles. The average molecular weight is 332 g/mol. The van der Waals surface area contributed by atoms with E-state index in [-0.39, 0.29) is 21.1 Å². The van der Waals surface area contributed by atoms with Gasteiger partial charge in [-0.05, 0) is 49.3 Å². The van der Waals surface area contributed by atoms with Gasteiger partial charge in [0.2, 0.25) is 0 Å². The molecule has 2 fully saturated rings. The van der Waals surface area contributed by atoms with E-state index in [2.05, 4.69) is 6.92 Å². The van der Waals surface area contributed by atoms with Gasteiger partial charge in [0.05, 0.1) is 13.2 Å². The first-order chi connectivity index (χ1) is 10.5. The SMILES string of the molecule is C.CC1COC(C2CCC(c3cc(F)c(F)c(F)c3)CC2)OC1.[HH]. The Kier molecular flexibility index (Phi) is 6.09. The quantitative estimate of drug-likeness (QED) is 0.687. The van der Waals surface area contributed by atoms with E-state index in [1.165, 1.54) is 0 Å². The summed E-state index contributed by atoms with van der Waals surface area (Å²) >= 11 is 0. The Morgan fingerprint density at radius 3 is 2.00 bits per heavy atom. The Bertz CT molecular complexity index is 502. The third-order valence-corrected chi connectivity index (χ3v) is 4.72. The molecule has 1 heterocycles. The lowest BCUT2D eigenvalue weighted by Gasteiger charge is -2.37. The second-order valence-corrected chi connectivity index (χ2v) is 6.55. The number of benzene rings is 1. The molecule has 1 aromatic carbocycles. The number of hydrogen-bond donors (Lipinski definition) is 0. The van der Waals surface area contributed by atoms with Crippen molar-refractivity contribution in [2.24, 2.45) is 11.8 Å². The van der Waals surface area contributed by atoms with Gasteiger partial charge in [0.15, 0.2) is 23.7 Å². The van der Waals surface area contributed by atoms with E-state index >= 15 is 0 Å². The fourth-order valence-electron chi connectivity index (χ4n) is 3.42. The molecule has 1 aliphatic carbocycles. The molecule has 0 amide bonds. The summed E-state index contributed by atoms with van der Waals surface area (Å²) in [5.41, 5.74) is 0.550. The van der Waals surface area contributed by atoms with E-state index in [0.29, 0.717) is 17.4 Å². The van der Waals surface area contributed by atoms with Crippen LogP contribution in [0.2, 0.25) is 0 Å². The maximum absolute atomic E-state index is 13.3. The van der Waals surface area contributed by atoms with Crippen LogP contribution in [0.4, 0.5) is 13.2 Å². The molecule has 0 N–H and O–H groups in total. The molecule has 0 spiro atoms. The van der Waals surface area contributed by atoms with E-state index < -0.39 is 17.5 Å². The van der Waals surface area contributed by atoms with Crippen molar-refractivity contribution in [1.82, 2.24) is 0 Å². The smallest absolute Gasteiger partial charge is 0.194 e. The van der Waals surface area contributed by atoms with Crippen LogP contribution in [0.15, 0.2) is 12.1 Å². The lowest BCUT2D eigenvalue weighted by Crippen LogP contribution is -2.37. The van der Waals surface area contributed by atoms with Gasteiger partial charge in [-0.25, -0.2) is 13.2 Å². The molecule has 23 heavy (non-hydrogen) atoms. The van der Waals surface area contributed by atoms with Crippen LogP contribution in [0.25, 0.3) is 0 Å². The molecule has 132 valence electrons. The Hall–Kier alpha value is -1.07. The van der Waals surface area contributed by atoms with Crippen molar-refractivity contribution in [3.05, 3.63) is 35.1 Å². The number of hydrogen-bond acceptors (Lipinski definition) is 2.